The molecule has 34 heavy (non-hydrogen) atoms. The molecule has 2 amide bonds. The van der Waals surface area contributed by atoms with Gasteiger partial charge < -0.3 is 19.1 Å². The molecule has 1 fully saturated rings. The van der Waals surface area contributed by atoms with E-state index in [4.69, 9.17) is 9.26 Å². The van der Waals surface area contributed by atoms with E-state index in [2.05, 4.69) is 5.16 Å². The Hall–Kier alpha value is -3.73. The summed E-state index contributed by atoms with van der Waals surface area (Å²) < 4.78 is 10.9. The van der Waals surface area contributed by atoms with Crippen LogP contribution in [0.5, 0.6) is 5.75 Å². The topological polar surface area (TPSA) is 119 Å². The number of amides is 2. The van der Waals surface area contributed by atoms with Crippen LogP contribution in [0.25, 0.3) is 0 Å². The predicted octanol–water partition coefficient (Wildman–Crippen LogP) is 3.37. The van der Waals surface area contributed by atoms with Gasteiger partial charge >= 0.3 is 5.00 Å². The van der Waals surface area contributed by atoms with Gasteiger partial charge in [-0.1, -0.05) is 28.6 Å². The van der Waals surface area contributed by atoms with E-state index in [1.165, 1.54) is 12.1 Å². The molecular formula is C23H24N4O6S. The number of aromatic nitrogens is 1. The highest BCUT2D eigenvalue weighted by molar-refractivity contribution is 7.17. The molecule has 0 bridgehead atoms. The fourth-order valence-electron chi connectivity index (χ4n) is 3.71. The zero-order valence-corrected chi connectivity index (χ0v) is 19.7. The third-order valence-corrected chi connectivity index (χ3v) is 6.77. The number of hydrogen-bond donors (Lipinski definition) is 0. The van der Waals surface area contributed by atoms with Crippen LogP contribution < -0.4 is 4.74 Å². The predicted molar refractivity (Wildman–Crippen MR) is 124 cm³/mol. The number of rotatable bonds is 7. The molecule has 1 aliphatic heterocycles. The standard InChI is InChI=1S/C23H24N4O6S/c1-15-19(16(2)33-24-15)14-32-18-5-3-17(4-6-18)13-21(28)25-9-11-26(12-10-25)23(29)20-7-8-22(34-20)27(30)31/h3-8H,9-14H2,1-2H3. The Morgan fingerprint density at radius 2 is 1.76 bits per heavy atom. The van der Waals surface area contributed by atoms with Crippen LogP contribution in [0.2, 0.25) is 0 Å². The largest absolute Gasteiger partial charge is 0.489 e. The number of carbonyl (C=O) groups is 2. The molecule has 3 aromatic rings. The van der Waals surface area contributed by atoms with Crippen LogP contribution in [0.3, 0.4) is 0 Å². The van der Waals surface area contributed by atoms with E-state index in [1.54, 1.807) is 9.80 Å². The van der Waals surface area contributed by atoms with Crippen molar-refractivity contribution in [2.75, 3.05) is 26.2 Å². The average molecular weight is 485 g/mol. The molecular weight excluding hydrogens is 460 g/mol. The lowest BCUT2D eigenvalue weighted by Gasteiger charge is -2.34. The first-order chi connectivity index (χ1) is 16.3. The lowest BCUT2D eigenvalue weighted by Crippen LogP contribution is -2.50. The number of piperazine rings is 1. The summed E-state index contributed by atoms with van der Waals surface area (Å²) in [7, 11) is 0. The van der Waals surface area contributed by atoms with E-state index in [-0.39, 0.29) is 23.2 Å². The first-order valence-electron chi connectivity index (χ1n) is 10.8. The summed E-state index contributed by atoms with van der Waals surface area (Å²) in [4.78, 5) is 39.4. The SMILES string of the molecule is Cc1noc(C)c1COc1ccc(CC(=O)N2CCN(C(=O)c3ccc([N+](=O)[O-])s3)CC2)cc1. The van der Waals surface area contributed by atoms with Crippen LogP contribution in [0.4, 0.5) is 5.00 Å². The van der Waals surface area contributed by atoms with Crippen molar-refractivity contribution in [1.29, 1.82) is 0 Å². The lowest BCUT2D eigenvalue weighted by atomic mass is 10.1. The van der Waals surface area contributed by atoms with Gasteiger partial charge in [-0.3, -0.25) is 19.7 Å². The number of ether oxygens (including phenoxy) is 1. The van der Waals surface area contributed by atoms with E-state index in [0.29, 0.717) is 43.4 Å². The minimum absolute atomic E-state index is 0.0109. The number of aryl methyl sites for hydroxylation is 2. The van der Waals surface area contributed by atoms with Crippen molar-refractivity contribution in [3.8, 4) is 5.75 Å². The van der Waals surface area contributed by atoms with E-state index in [9.17, 15) is 19.7 Å². The minimum Gasteiger partial charge on any atom is -0.489 e. The third kappa shape index (κ3) is 5.25. The number of carbonyl (C=O) groups excluding carboxylic acids is 2. The first-order valence-corrected chi connectivity index (χ1v) is 11.6. The number of nitro groups is 1. The lowest BCUT2D eigenvalue weighted by molar-refractivity contribution is -0.380. The second-order valence-electron chi connectivity index (χ2n) is 7.98. The number of hydrogen-bond acceptors (Lipinski definition) is 8. The van der Waals surface area contributed by atoms with Gasteiger partial charge in [0.05, 0.1) is 27.5 Å². The normalized spacial score (nSPS) is 13.7. The van der Waals surface area contributed by atoms with Gasteiger partial charge in [-0.05, 0) is 37.6 Å². The highest BCUT2D eigenvalue weighted by Gasteiger charge is 2.26. The van der Waals surface area contributed by atoms with Crippen molar-refractivity contribution in [1.82, 2.24) is 15.0 Å². The zero-order valence-electron chi connectivity index (χ0n) is 18.9. The quantitative estimate of drug-likeness (QED) is 0.373. The molecule has 0 N–H and O–H groups in total. The van der Waals surface area contributed by atoms with Crippen molar-refractivity contribution in [2.24, 2.45) is 0 Å². The Labute approximate surface area is 199 Å². The molecule has 178 valence electrons. The number of nitrogens with zero attached hydrogens (tertiary/aromatic N) is 4. The molecule has 0 atom stereocenters. The Balaban J connectivity index is 1.25. The van der Waals surface area contributed by atoms with E-state index in [0.717, 1.165) is 33.9 Å². The van der Waals surface area contributed by atoms with Gasteiger partial charge in [0, 0.05) is 32.2 Å². The maximum atomic E-state index is 12.7. The molecule has 1 saturated heterocycles. The van der Waals surface area contributed by atoms with Crippen molar-refractivity contribution in [3.05, 3.63) is 74.0 Å². The van der Waals surface area contributed by atoms with Gasteiger partial charge in [0.2, 0.25) is 5.91 Å². The highest BCUT2D eigenvalue weighted by atomic mass is 32.1. The molecule has 2 aromatic heterocycles. The molecule has 0 spiro atoms. The fraction of sp³-hybridized carbons (Fsp3) is 0.348. The van der Waals surface area contributed by atoms with Crippen LogP contribution >= 0.6 is 11.3 Å². The fourth-order valence-corrected chi connectivity index (χ4v) is 4.50. The molecule has 10 nitrogen and oxygen atoms in total. The summed E-state index contributed by atoms with van der Waals surface area (Å²) in [6.45, 7) is 5.72. The smallest absolute Gasteiger partial charge is 0.324 e. The first kappa shape index (κ1) is 23.4. The maximum absolute atomic E-state index is 12.7. The van der Waals surface area contributed by atoms with Crippen LogP contribution in [-0.4, -0.2) is 57.9 Å². The van der Waals surface area contributed by atoms with Gasteiger partial charge in [-0.15, -0.1) is 0 Å². The zero-order chi connectivity index (χ0) is 24.2. The van der Waals surface area contributed by atoms with E-state index < -0.39 is 4.92 Å². The highest BCUT2D eigenvalue weighted by Crippen LogP contribution is 2.25. The minimum atomic E-state index is -0.504. The van der Waals surface area contributed by atoms with Crippen LogP contribution in [-0.2, 0) is 17.8 Å². The molecule has 3 heterocycles. The van der Waals surface area contributed by atoms with E-state index in [1.807, 2.05) is 38.1 Å². The second kappa shape index (κ2) is 10.0. The van der Waals surface area contributed by atoms with Gasteiger partial charge in [-0.2, -0.15) is 0 Å². The van der Waals surface area contributed by atoms with Gasteiger partial charge in [-0.25, -0.2) is 0 Å². The summed E-state index contributed by atoms with van der Waals surface area (Å²) in [5, 5.41) is 14.7. The summed E-state index contributed by atoms with van der Waals surface area (Å²) in [6.07, 6.45) is 0.259. The molecule has 0 radical (unpaired) electrons. The molecule has 4 rings (SSSR count). The molecule has 0 unspecified atom stereocenters. The summed E-state index contributed by atoms with van der Waals surface area (Å²) in [5.41, 5.74) is 2.60. The second-order valence-corrected chi connectivity index (χ2v) is 9.04. The monoisotopic (exact) mass is 484 g/mol. The summed E-state index contributed by atoms with van der Waals surface area (Å²) >= 11 is 0.868. The summed E-state index contributed by atoms with van der Waals surface area (Å²) in [5.74, 6) is 1.18. The third-order valence-electron chi connectivity index (χ3n) is 5.75. The Morgan fingerprint density at radius 1 is 1.09 bits per heavy atom. The van der Waals surface area contributed by atoms with Gasteiger partial charge in [0.1, 0.15) is 18.1 Å². The molecule has 11 heteroatoms. The number of thiophene rings is 1. The Morgan fingerprint density at radius 3 is 2.35 bits per heavy atom. The van der Waals surface area contributed by atoms with Crippen LogP contribution in [0, 0.1) is 24.0 Å². The van der Waals surface area contributed by atoms with E-state index >= 15 is 0 Å². The van der Waals surface area contributed by atoms with Crippen molar-refractivity contribution < 1.29 is 23.8 Å². The maximum Gasteiger partial charge on any atom is 0.324 e. The molecule has 0 aliphatic carbocycles. The van der Waals surface area contributed by atoms with Crippen molar-refractivity contribution >= 4 is 28.2 Å². The van der Waals surface area contributed by atoms with Crippen molar-refractivity contribution in [3.63, 3.8) is 0 Å². The molecule has 1 aromatic carbocycles. The summed E-state index contributed by atoms with van der Waals surface area (Å²) in [6, 6.07) is 10.2. The number of benzene rings is 1. The molecule has 0 saturated carbocycles. The van der Waals surface area contributed by atoms with Crippen LogP contribution in [0.1, 0.15) is 32.3 Å². The van der Waals surface area contributed by atoms with Gasteiger partial charge in [0.15, 0.2) is 0 Å². The van der Waals surface area contributed by atoms with Crippen LogP contribution in [0.15, 0.2) is 40.9 Å². The molecule has 1 aliphatic rings. The Kier molecular flexibility index (Phi) is 6.92. The average Bonchev–Trinajstić information content (AvgIpc) is 3.45. The van der Waals surface area contributed by atoms with Gasteiger partial charge in [0.25, 0.3) is 5.91 Å². The Bertz CT molecular complexity index is 1180. The van der Waals surface area contributed by atoms with Crippen molar-refractivity contribution in [2.45, 2.75) is 26.9 Å².